The fraction of sp³-hybridized carbons (Fsp3) is 0.516. The highest BCUT2D eigenvalue weighted by atomic mass is 32.1. The molecule has 1 saturated carbocycles. The summed E-state index contributed by atoms with van der Waals surface area (Å²) in [6.45, 7) is 5.98. The number of aromatic nitrogens is 1. The van der Waals surface area contributed by atoms with Crippen molar-refractivity contribution in [2.45, 2.75) is 84.2 Å². The Morgan fingerprint density at radius 1 is 0.829 bits per heavy atom. The van der Waals surface area contributed by atoms with Gasteiger partial charge in [-0.25, -0.2) is 4.98 Å². The molecule has 1 aromatic heterocycles. The molecular formula is C31H35F6N3S. The molecule has 2 aliphatic rings. The summed E-state index contributed by atoms with van der Waals surface area (Å²) in [4.78, 5) is 9.62. The maximum atomic E-state index is 13.6. The van der Waals surface area contributed by atoms with E-state index >= 15 is 0 Å². The standard InChI is InChI=1S/C31H35F6N3S/c1-3-39(17-21-7-4-5-8-21)28-14-24-10-6-9-23(24)13-25(28)19-40(29-38-16-20(2)41-29)18-22-11-26(30(32,33)34)15-27(12-22)31(35,36)37/h11-16,21H,3-10,17-19H2,1-2H3. The van der Waals surface area contributed by atoms with Crippen LogP contribution in [0.25, 0.3) is 0 Å². The number of thiazole rings is 1. The molecule has 0 atom stereocenters. The second-order valence-corrected chi connectivity index (χ2v) is 12.5. The van der Waals surface area contributed by atoms with Gasteiger partial charge in [-0.1, -0.05) is 18.9 Å². The molecule has 2 aliphatic carbocycles. The zero-order valence-electron chi connectivity index (χ0n) is 23.3. The minimum Gasteiger partial charge on any atom is -0.371 e. The predicted octanol–water partition coefficient (Wildman–Crippen LogP) is 9.20. The summed E-state index contributed by atoms with van der Waals surface area (Å²) in [5, 5.41) is 0.568. The lowest BCUT2D eigenvalue weighted by Gasteiger charge is -2.31. The van der Waals surface area contributed by atoms with E-state index in [0.717, 1.165) is 60.6 Å². The van der Waals surface area contributed by atoms with Crippen molar-refractivity contribution in [3.8, 4) is 0 Å². The number of halogens is 6. The number of benzene rings is 2. The summed E-state index contributed by atoms with van der Waals surface area (Å²) in [7, 11) is 0. The lowest BCUT2D eigenvalue weighted by molar-refractivity contribution is -0.143. The Kier molecular flexibility index (Phi) is 8.60. The van der Waals surface area contributed by atoms with E-state index in [0.29, 0.717) is 17.6 Å². The van der Waals surface area contributed by atoms with Crippen molar-refractivity contribution >= 4 is 22.2 Å². The fourth-order valence-corrected chi connectivity index (χ4v) is 6.96. The third kappa shape index (κ3) is 7.01. The Labute approximate surface area is 241 Å². The van der Waals surface area contributed by atoms with Gasteiger partial charge in [0.2, 0.25) is 0 Å². The predicted molar refractivity (Wildman–Crippen MR) is 151 cm³/mol. The van der Waals surface area contributed by atoms with Crippen LogP contribution >= 0.6 is 11.3 Å². The average Bonchev–Trinajstić information content (AvgIpc) is 3.67. The van der Waals surface area contributed by atoms with Gasteiger partial charge in [0, 0.05) is 42.9 Å². The van der Waals surface area contributed by atoms with Crippen LogP contribution in [0.5, 0.6) is 0 Å². The molecule has 3 nitrogen and oxygen atoms in total. The van der Waals surface area contributed by atoms with E-state index in [1.54, 1.807) is 6.20 Å². The largest absolute Gasteiger partial charge is 0.416 e. The van der Waals surface area contributed by atoms with Gasteiger partial charge in [-0.3, -0.25) is 0 Å². The number of alkyl halides is 6. The zero-order chi connectivity index (χ0) is 29.4. The smallest absolute Gasteiger partial charge is 0.371 e. The second kappa shape index (κ2) is 11.9. The molecule has 3 aromatic rings. The first-order chi connectivity index (χ1) is 19.4. The van der Waals surface area contributed by atoms with Crippen LogP contribution in [0.3, 0.4) is 0 Å². The van der Waals surface area contributed by atoms with E-state index in [4.69, 9.17) is 0 Å². The van der Waals surface area contributed by atoms with Crippen molar-refractivity contribution in [2.75, 3.05) is 22.9 Å². The van der Waals surface area contributed by atoms with Crippen LogP contribution in [0.4, 0.5) is 37.2 Å². The lowest BCUT2D eigenvalue weighted by Crippen LogP contribution is -2.31. The van der Waals surface area contributed by atoms with Crippen LogP contribution in [-0.2, 0) is 38.3 Å². The molecule has 0 amide bonds. The quantitative estimate of drug-likeness (QED) is 0.230. The average molecular weight is 596 g/mol. The van der Waals surface area contributed by atoms with Crippen LogP contribution < -0.4 is 9.80 Å². The van der Waals surface area contributed by atoms with E-state index in [-0.39, 0.29) is 18.2 Å². The molecule has 0 saturated heterocycles. The third-order valence-corrected chi connectivity index (χ3v) is 9.20. The van der Waals surface area contributed by atoms with Gasteiger partial charge in [0.1, 0.15) is 0 Å². The number of rotatable bonds is 9. The topological polar surface area (TPSA) is 19.4 Å². The first kappa shape index (κ1) is 29.7. The lowest BCUT2D eigenvalue weighted by atomic mass is 10.0. The summed E-state index contributed by atoms with van der Waals surface area (Å²) in [5.74, 6) is 0.625. The van der Waals surface area contributed by atoms with Crippen LogP contribution in [0.15, 0.2) is 36.5 Å². The van der Waals surface area contributed by atoms with Gasteiger partial charge in [0.25, 0.3) is 0 Å². The van der Waals surface area contributed by atoms with Gasteiger partial charge in [-0.05, 0) is 98.4 Å². The Morgan fingerprint density at radius 2 is 1.46 bits per heavy atom. The molecule has 10 heteroatoms. The monoisotopic (exact) mass is 595 g/mol. The maximum Gasteiger partial charge on any atom is 0.416 e. The Bertz CT molecular complexity index is 1320. The molecule has 1 fully saturated rings. The van der Waals surface area contributed by atoms with Crippen molar-refractivity contribution in [2.24, 2.45) is 5.92 Å². The molecule has 0 unspecified atom stereocenters. The van der Waals surface area contributed by atoms with Crippen molar-refractivity contribution < 1.29 is 26.3 Å². The molecule has 0 radical (unpaired) electrons. The number of aryl methyl sites for hydroxylation is 3. The molecule has 5 rings (SSSR count). The van der Waals surface area contributed by atoms with Crippen molar-refractivity contribution in [1.82, 2.24) is 4.98 Å². The summed E-state index contributed by atoms with van der Waals surface area (Å²) in [5.41, 5.74) is 2.09. The van der Waals surface area contributed by atoms with E-state index in [1.165, 1.54) is 48.1 Å². The minimum atomic E-state index is -4.90. The van der Waals surface area contributed by atoms with Crippen LogP contribution in [0.1, 0.15) is 77.3 Å². The van der Waals surface area contributed by atoms with E-state index in [1.807, 2.05) is 11.8 Å². The van der Waals surface area contributed by atoms with Gasteiger partial charge in [0.05, 0.1) is 11.1 Å². The highest BCUT2D eigenvalue weighted by molar-refractivity contribution is 7.15. The number of anilines is 2. The highest BCUT2D eigenvalue weighted by Crippen LogP contribution is 2.39. The molecule has 0 aliphatic heterocycles. The molecule has 2 aromatic carbocycles. The zero-order valence-corrected chi connectivity index (χ0v) is 24.2. The van der Waals surface area contributed by atoms with Crippen molar-refractivity contribution in [3.05, 3.63) is 74.8 Å². The maximum absolute atomic E-state index is 13.6. The highest BCUT2D eigenvalue weighted by Gasteiger charge is 2.37. The molecule has 1 heterocycles. The minimum absolute atomic E-state index is 0.0546. The normalized spacial score (nSPS) is 15.9. The molecule has 41 heavy (non-hydrogen) atoms. The first-order valence-electron chi connectivity index (χ1n) is 14.3. The van der Waals surface area contributed by atoms with Crippen molar-refractivity contribution in [3.63, 3.8) is 0 Å². The first-order valence-corrected chi connectivity index (χ1v) is 15.1. The van der Waals surface area contributed by atoms with E-state index in [2.05, 4.69) is 28.9 Å². The molecule has 0 N–H and O–H groups in total. The van der Waals surface area contributed by atoms with E-state index in [9.17, 15) is 26.3 Å². The Morgan fingerprint density at radius 3 is 2.02 bits per heavy atom. The molecular weight excluding hydrogens is 560 g/mol. The molecule has 222 valence electrons. The summed E-state index contributed by atoms with van der Waals surface area (Å²) >= 11 is 1.38. The van der Waals surface area contributed by atoms with Crippen LogP contribution in [0, 0.1) is 12.8 Å². The Hall–Kier alpha value is -2.75. The summed E-state index contributed by atoms with van der Waals surface area (Å²) in [6.07, 6.45) is -0.145. The number of hydrogen-bond acceptors (Lipinski definition) is 4. The summed E-state index contributed by atoms with van der Waals surface area (Å²) in [6, 6.07) is 6.31. The molecule has 0 spiro atoms. The van der Waals surface area contributed by atoms with Gasteiger partial charge in [0.15, 0.2) is 5.13 Å². The third-order valence-electron chi connectivity index (χ3n) is 8.23. The number of fused-ring (bicyclic) bond motifs is 1. The summed E-state index contributed by atoms with van der Waals surface area (Å²) < 4.78 is 81.7. The van der Waals surface area contributed by atoms with Gasteiger partial charge in [-0.15, -0.1) is 11.3 Å². The number of nitrogens with zero attached hydrogens (tertiary/aromatic N) is 3. The van der Waals surface area contributed by atoms with E-state index < -0.39 is 23.5 Å². The van der Waals surface area contributed by atoms with Crippen molar-refractivity contribution in [1.29, 1.82) is 0 Å². The SMILES string of the molecule is CCN(CC1CCCC1)c1cc2c(cc1CN(Cc1cc(C(F)(F)F)cc(C(F)(F)F)c1)c1ncc(C)s1)CCC2. The van der Waals surface area contributed by atoms with Gasteiger partial charge >= 0.3 is 12.4 Å². The van der Waals surface area contributed by atoms with Crippen LogP contribution in [0.2, 0.25) is 0 Å². The second-order valence-electron chi connectivity index (χ2n) is 11.3. The van der Waals surface area contributed by atoms with Crippen LogP contribution in [-0.4, -0.2) is 18.1 Å². The fourth-order valence-electron chi connectivity index (χ4n) is 6.20. The Balaban J connectivity index is 1.54. The van der Waals surface area contributed by atoms with Gasteiger partial charge in [-0.2, -0.15) is 26.3 Å². The molecule has 0 bridgehead atoms. The van der Waals surface area contributed by atoms with Gasteiger partial charge < -0.3 is 9.80 Å². The number of hydrogen-bond donors (Lipinski definition) is 0.